The molecular weight excluding hydrogens is 320 g/mol. The van der Waals surface area contributed by atoms with Crippen molar-refractivity contribution in [1.29, 1.82) is 0 Å². The first-order chi connectivity index (χ1) is 11.6. The standard InChI is InChI=1S/C20H38O3S/c1-3-4-5-6-7-8-9-10-11-14-17-24(22)20-16-13-12-15-19(20)23-18(2)21/h19-20H,3-17H2,1-2H3/t19-,20-,24-/m1/s1. The minimum Gasteiger partial charge on any atom is -0.616 e. The largest absolute Gasteiger partial charge is 0.616 e. The summed E-state index contributed by atoms with van der Waals surface area (Å²) < 4.78 is 17.9. The molecule has 1 aliphatic rings. The Bertz CT molecular complexity index is 322. The third-order valence-corrected chi connectivity index (χ3v) is 6.90. The Balaban J connectivity index is 2.05. The average molecular weight is 359 g/mol. The zero-order valence-corrected chi connectivity index (χ0v) is 16.7. The van der Waals surface area contributed by atoms with E-state index in [9.17, 15) is 9.35 Å². The second-order valence-corrected chi connectivity index (χ2v) is 9.01. The second kappa shape index (κ2) is 14.0. The lowest BCUT2D eigenvalue weighted by molar-refractivity contribution is -0.147. The summed E-state index contributed by atoms with van der Waals surface area (Å²) in [5.41, 5.74) is 0. The van der Waals surface area contributed by atoms with Crippen molar-refractivity contribution < 1.29 is 14.1 Å². The normalized spacial score (nSPS) is 22.3. The first-order valence-corrected chi connectivity index (χ1v) is 11.6. The highest BCUT2D eigenvalue weighted by molar-refractivity contribution is 7.92. The topological polar surface area (TPSA) is 49.4 Å². The van der Waals surface area contributed by atoms with Gasteiger partial charge in [0.15, 0.2) is 5.25 Å². The monoisotopic (exact) mass is 358 g/mol. The number of ether oxygens (including phenoxy) is 1. The highest BCUT2D eigenvalue weighted by Crippen LogP contribution is 2.28. The fourth-order valence-electron chi connectivity index (χ4n) is 3.59. The van der Waals surface area contributed by atoms with Crippen LogP contribution in [-0.2, 0) is 20.7 Å². The summed E-state index contributed by atoms with van der Waals surface area (Å²) in [6, 6.07) is 0. The number of rotatable bonds is 13. The van der Waals surface area contributed by atoms with Gasteiger partial charge >= 0.3 is 5.97 Å². The molecule has 0 unspecified atom stereocenters. The fourth-order valence-corrected chi connectivity index (χ4v) is 5.35. The molecule has 0 aliphatic heterocycles. The highest BCUT2D eigenvalue weighted by Gasteiger charge is 2.35. The summed E-state index contributed by atoms with van der Waals surface area (Å²) in [7, 11) is 0. The minimum atomic E-state index is -0.843. The van der Waals surface area contributed by atoms with Gasteiger partial charge in [-0.2, -0.15) is 0 Å². The number of hydrogen-bond donors (Lipinski definition) is 0. The summed E-state index contributed by atoms with van der Waals surface area (Å²) in [5.74, 6) is 0.543. The van der Waals surface area contributed by atoms with Crippen LogP contribution in [0.1, 0.15) is 104 Å². The van der Waals surface area contributed by atoms with Crippen LogP contribution in [-0.4, -0.2) is 27.6 Å². The molecule has 0 aromatic rings. The molecule has 0 aromatic heterocycles. The van der Waals surface area contributed by atoms with Crippen molar-refractivity contribution in [1.82, 2.24) is 0 Å². The first-order valence-electron chi connectivity index (χ1n) is 10.2. The van der Waals surface area contributed by atoms with Crippen molar-refractivity contribution in [2.24, 2.45) is 0 Å². The molecule has 0 N–H and O–H groups in total. The number of esters is 1. The van der Waals surface area contributed by atoms with E-state index in [1.807, 2.05) is 0 Å². The molecule has 1 aliphatic carbocycles. The predicted molar refractivity (Wildman–Crippen MR) is 103 cm³/mol. The summed E-state index contributed by atoms with van der Waals surface area (Å²) in [4.78, 5) is 11.2. The van der Waals surface area contributed by atoms with Crippen LogP contribution in [0.15, 0.2) is 0 Å². The molecule has 4 heteroatoms. The van der Waals surface area contributed by atoms with Gasteiger partial charge in [0, 0.05) is 6.92 Å². The van der Waals surface area contributed by atoms with Crippen LogP contribution in [0.25, 0.3) is 0 Å². The Morgan fingerprint density at radius 2 is 1.50 bits per heavy atom. The van der Waals surface area contributed by atoms with E-state index in [2.05, 4.69) is 6.92 Å². The van der Waals surface area contributed by atoms with Gasteiger partial charge in [0.1, 0.15) is 11.9 Å². The molecule has 1 saturated carbocycles. The summed E-state index contributed by atoms with van der Waals surface area (Å²) in [5, 5.41) is 0.0706. The van der Waals surface area contributed by atoms with Crippen molar-refractivity contribution >= 4 is 17.1 Å². The zero-order chi connectivity index (χ0) is 17.6. The molecular formula is C20H38O3S. The van der Waals surface area contributed by atoms with Gasteiger partial charge in [-0.3, -0.25) is 4.79 Å². The van der Waals surface area contributed by atoms with Gasteiger partial charge in [0.05, 0.1) is 0 Å². The molecule has 0 saturated heterocycles. The van der Waals surface area contributed by atoms with Crippen LogP contribution in [0.5, 0.6) is 0 Å². The van der Waals surface area contributed by atoms with E-state index in [0.717, 1.165) is 37.9 Å². The summed E-state index contributed by atoms with van der Waals surface area (Å²) in [6.07, 6.45) is 16.9. The number of carbonyl (C=O) groups is 1. The molecule has 1 rings (SSSR count). The van der Waals surface area contributed by atoms with Crippen molar-refractivity contribution in [3.05, 3.63) is 0 Å². The van der Waals surface area contributed by atoms with Crippen LogP contribution < -0.4 is 0 Å². The molecule has 0 aromatic carbocycles. The Morgan fingerprint density at radius 1 is 0.958 bits per heavy atom. The first kappa shape index (κ1) is 21.8. The van der Waals surface area contributed by atoms with Crippen molar-refractivity contribution in [2.45, 2.75) is 115 Å². The molecule has 142 valence electrons. The molecule has 3 atom stereocenters. The van der Waals surface area contributed by atoms with Gasteiger partial charge in [-0.1, -0.05) is 58.3 Å². The van der Waals surface area contributed by atoms with Crippen molar-refractivity contribution in [3.63, 3.8) is 0 Å². The summed E-state index contributed by atoms with van der Waals surface area (Å²) >= 11 is -0.843. The van der Waals surface area contributed by atoms with Gasteiger partial charge in [-0.15, -0.1) is 0 Å². The highest BCUT2D eigenvalue weighted by atomic mass is 32.2. The molecule has 0 heterocycles. The molecule has 1 fully saturated rings. The second-order valence-electron chi connectivity index (χ2n) is 7.24. The van der Waals surface area contributed by atoms with E-state index in [-0.39, 0.29) is 17.3 Å². The van der Waals surface area contributed by atoms with E-state index in [1.54, 1.807) is 0 Å². The molecule has 24 heavy (non-hydrogen) atoms. The maximum absolute atomic E-state index is 12.5. The molecule has 0 amide bonds. The van der Waals surface area contributed by atoms with E-state index >= 15 is 0 Å². The average Bonchev–Trinajstić information content (AvgIpc) is 2.56. The predicted octanol–water partition coefficient (Wildman–Crippen LogP) is 5.53. The Hall–Kier alpha value is -0.220. The Labute approximate surface area is 152 Å². The number of carbonyl (C=O) groups excluding carboxylic acids is 1. The van der Waals surface area contributed by atoms with Gasteiger partial charge in [-0.05, 0) is 49.7 Å². The minimum absolute atomic E-state index is 0.0706. The molecule has 0 spiro atoms. The smallest absolute Gasteiger partial charge is 0.303 e. The summed E-state index contributed by atoms with van der Waals surface area (Å²) in [6.45, 7) is 3.71. The number of hydrogen-bond acceptors (Lipinski definition) is 3. The van der Waals surface area contributed by atoms with Crippen LogP contribution in [0.4, 0.5) is 0 Å². The van der Waals surface area contributed by atoms with Crippen LogP contribution >= 0.6 is 0 Å². The van der Waals surface area contributed by atoms with Crippen molar-refractivity contribution in [2.75, 3.05) is 5.75 Å². The van der Waals surface area contributed by atoms with E-state index in [0.29, 0.717) is 0 Å². The van der Waals surface area contributed by atoms with Gasteiger partial charge in [-0.25, -0.2) is 0 Å². The fraction of sp³-hybridized carbons (Fsp3) is 0.950. The van der Waals surface area contributed by atoms with Crippen molar-refractivity contribution in [3.8, 4) is 0 Å². The maximum atomic E-state index is 12.5. The maximum Gasteiger partial charge on any atom is 0.303 e. The molecule has 0 bridgehead atoms. The lowest BCUT2D eigenvalue weighted by Crippen LogP contribution is -2.40. The van der Waals surface area contributed by atoms with E-state index in [1.165, 1.54) is 64.7 Å². The van der Waals surface area contributed by atoms with Crippen LogP contribution in [0.2, 0.25) is 0 Å². The van der Waals surface area contributed by atoms with E-state index < -0.39 is 11.2 Å². The Kier molecular flexibility index (Phi) is 12.7. The van der Waals surface area contributed by atoms with Gasteiger partial charge in [0.25, 0.3) is 0 Å². The molecule has 0 radical (unpaired) electrons. The van der Waals surface area contributed by atoms with Gasteiger partial charge < -0.3 is 9.29 Å². The SMILES string of the molecule is CCCCCCCCCCCC[S@@+]([O-])[C@@H]1CCCC[C@H]1OC(C)=O. The zero-order valence-electron chi connectivity index (χ0n) is 15.9. The third kappa shape index (κ3) is 9.93. The quantitative estimate of drug-likeness (QED) is 0.247. The third-order valence-electron chi connectivity index (χ3n) is 5.00. The lowest BCUT2D eigenvalue weighted by Gasteiger charge is -2.32. The van der Waals surface area contributed by atoms with Gasteiger partial charge in [0.2, 0.25) is 0 Å². The van der Waals surface area contributed by atoms with E-state index in [4.69, 9.17) is 4.74 Å². The molecule has 3 nitrogen and oxygen atoms in total. The number of unbranched alkanes of at least 4 members (excludes halogenated alkanes) is 9. The van der Waals surface area contributed by atoms with Crippen LogP contribution in [0, 0.1) is 0 Å². The van der Waals surface area contributed by atoms with Crippen LogP contribution in [0.3, 0.4) is 0 Å². The lowest BCUT2D eigenvalue weighted by atomic mass is 9.97. The Morgan fingerprint density at radius 3 is 2.08 bits per heavy atom.